The second kappa shape index (κ2) is 7.46. The lowest BCUT2D eigenvalue weighted by atomic mass is 9.93. The molecule has 1 amide bonds. The predicted molar refractivity (Wildman–Crippen MR) is 97.6 cm³/mol. The second-order valence-corrected chi connectivity index (χ2v) is 9.44. The molecule has 0 unspecified atom stereocenters. The van der Waals surface area contributed by atoms with Crippen molar-refractivity contribution >= 4 is 15.9 Å². The van der Waals surface area contributed by atoms with Gasteiger partial charge in [0.15, 0.2) is 0 Å². The summed E-state index contributed by atoms with van der Waals surface area (Å²) in [7, 11) is -3.46. The second-order valence-electron chi connectivity index (χ2n) is 7.50. The van der Waals surface area contributed by atoms with E-state index in [1.54, 1.807) is 18.2 Å². The lowest BCUT2D eigenvalue weighted by Gasteiger charge is -2.36. The zero-order valence-corrected chi connectivity index (χ0v) is 16.0. The van der Waals surface area contributed by atoms with Crippen molar-refractivity contribution in [1.29, 1.82) is 0 Å². The van der Waals surface area contributed by atoms with Gasteiger partial charge in [0.25, 0.3) is 0 Å². The van der Waals surface area contributed by atoms with Gasteiger partial charge < -0.3 is 4.90 Å². The molecule has 2 aliphatic heterocycles. The summed E-state index contributed by atoms with van der Waals surface area (Å²) in [6.45, 7) is 6.68. The van der Waals surface area contributed by atoms with Crippen LogP contribution in [-0.2, 0) is 14.8 Å². The molecule has 0 atom stereocenters. The largest absolute Gasteiger partial charge is 0.342 e. The van der Waals surface area contributed by atoms with Crippen LogP contribution in [0.1, 0.15) is 38.2 Å². The van der Waals surface area contributed by atoms with Gasteiger partial charge in [0.2, 0.25) is 15.9 Å². The van der Waals surface area contributed by atoms with Gasteiger partial charge >= 0.3 is 0 Å². The molecule has 0 N–H and O–H groups in total. The zero-order valence-electron chi connectivity index (χ0n) is 15.1. The molecule has 0 aromatic heterocycles. The van der Waals surface area contributed by atoms with Crippen LogP contribution < -0.4 is 0 Å². The maximum atomic E-state index is 12.8. The van der Waals surface area contributed by atoms with E-state index in [-0.39, 0.29) is 11.8 Å². The number of benzene rings is 1. The molecule has 2 saturated heterocycles. The van der Waals surface area contributed by atoms with Crippen LogP contribution in [0.4, 0.5) is 0 Å². The Morgan fingerprint density at radius 1 is 1.04 bits per heavy atom. The quantitative estimate of drug-likeness (QED) is 0.828. The minimum atomic E-state index is -3.46. The van der Waals surface area contributed by atoms with Crippen molar-refractivity contribution in [2.75, 3.05) is 26.2 Å². The van der Waals surface area contributed by atoms with E-state index in [1.165, 1.54) is 4.31 Å². The van der Waals surface area contributed by atoms with Gasteiger partial charge in [0.05, 0.1) is 4.90 Å². The van der Waals surface area contributed by atoms with Gasteiger partial charge in [-0.1, -0.05) is 19.1 Å². The first-order valence-corrected chi connectivity index (χ1v) is 10.7. The Hall–Kier alpha value is -1.40. The third-order valence-electron chi connectivity index (χ3n) is 5.53. The van der Waals surface area contributed by atoms with Crippen LogP contribution in [-0.4, -0.2) is 49.7 Å². The number of carbonyl (C=O) groups excluding carboxylic acids is 1. The van der Waals surface area contributed by atoms with E-state index < -0.39 is 10.0 Å². The summed E-state index contributed by atoms with van der Waals surface area (Å²) in [6, 6.07) is 7.02. The first-order chi connectivity index (χ1) is 11.9. The lowest BCUT2D eigenvalue weighted by molar-refractivity contribution is -0.138. The monoisotopic (exact) mass is 364 g/mol. The summed E-state index contributed by atoms with van der Waals surface area (Å²) in [6.07, 6.45) is 3.39. The Morgan fingerprint density at radius 3 is 2.28 bits per heavy atom. The molecule has 0 radical (unpaired) electrons. The number of aryl methyl sites for hydroxylation is 1. The minimum Gasteiger partial charge on any atom is -0.342 e. The van der Waals surface area contributed by atoms with E-state index in [1.807, 2.05) is 17.9 Å². The Kier molecular flexibility index (Phi) is 5.49. The van der Waals surface area contributed by atoms with Gasteiger partial charge in [-0.25, -0.2) is 8.42 Å². The third-order valence-corrected chi connectivity index (χ3v) is 7.42. The highest BCUT2D eigenvalue weighted by atomic mass is 32.2. The summed E-state index contributed by atoms with van der Waals surface area (Å²) in [5.41, 5.74) is 0.936. The summed E-state index contributed by atoms with van der Waals surface area (Å²) >= 11 is 0. The number of nitrogens with zero attached hydrogens (tertiary/aromatic N) is 2. The van der Waals surface area contributed by atoms with Gasteiger partial charge in [-0.3, -0.25) is 4.79 Å². The van der Waals surface area contributed by atoms with Crippen LogP contribution in [0.2, 0.25) is 0 Å². The molecule has 0 spiro atoms. The molecule has 1 aromatic carbocycles. The topological polar surface area (TPSA) is 57.7 Å². The highest BCUT2D eigenvalue weighted by molar-refractivity contribution is 7.89. The van der Waals surface area contributed by atoms with Gasteiger partial charge in [0, 0.05) is 32.1 Å². The molecule has 0 saturated carbocycles. The maximum absolute atomic E-state index is 12.8. The maximum Gasteiger partial charge on any atom is 0.243 e. The average molecular weight is 365 g/mol. The number of carbonyl (C=O) groups is 1. The van der Waals surface area contributed by atoms with Crippen LogP contribution in [0, 0.1) is 18.8 Å². The highest BCUT2D eigenvalue weighted by Gasteiger charge is 2.34. The molecule has 138 valence electrons. The number of hydrogen-bond acceptors (Lipinski definition) is 3. The van der Waals surface area contributed by atoms with E-state index in [9.17, 15) is 13.2 Å². The summed E-state index contributed by atoms with van der Waals surface area (Å²) < 4.78 is 27.1. The van der Waals surface area contributed by atoms with Gasteiger partial charge in [-0.05, 0) is 56.2 Å². The van der Waals surface area contributed by atoms with Gasteiger partial charge in [-0.15, -0.1) is 0 Å². The van der Waals surface area contributed by atoms with E-state index in [0.29, 0.717) is 36.7 Å². The van der Waals surface area contributed by atoms with Crippen LogP contribution >= 0.6 is 0 Å². The number of rotatable bonds is 3. The van der Waals surface area contributed by atoms with Crippen LogP contribution in [0.3, 0.4) is 0 Å². The Bertz CT molecular complexity index is 716. The number of hydrogen-bond donors (Lipinski definition) is 0. The fourth-order valence-electron chi connectivity index (χ4n) is 3.76. The summed E-state index contributed by atoms with van der Waals surface area (Å²) in [5.74, 6) is 0.891. The fourth-order valence-corrected chi connectivity index (χ4v) is 5.33. The van der Waals surface area contributed by atoms with Crippen molar-refractivity contribution < 1.29 is 13.2 Å². The van der Waals surface area contributed by atoms with Crippen molar-refractivity contribution in [3.63, 3.8) is 0 Å². The predicted octanol–water partition coefficient (Wildman–Crippen LogP) is 2.65. The molecule has 2 heterocycles. The fraction of sp³-hybridized carbons (Fsp3) is 0.632. The first kappa shape index (κ1) is 18.4. The molecular formula is C19H28N2O3S. The van der Waals surface area contributed by atoms with Gasteiger partial charge in [0.1, 0.15) is 0 Å². The Labute approximate surface area is 151 Å². The summed E-state index contributed by atoms with van der Waals surface area (Å²) in [5, 5.41) is 0. The molecule has 3 rings (SSSR count). The van der Waals surface area contributed by atoms with E-state index in [4.69, 9.17) is 0 Å². The van der Waals surface area contributed by atoms with Crippen molar-refractivity contribution in [3.8, 4) is 0 Å². The normalized spacial score (nSPS) is 21.4. The van der Waals surface area contributed by atoms with Gasteiger partial charge in [-0.2, -0.15) is 4.31 Å². The van der Waals surface area contributed by atoms with E-state index >= 15 is 0 Å². The first-order valence-electron chi connectivity index (χ1n) is 9.23. The molecule has 25 heavy (non-hydrogen) atoms. The number of piperidine rings is 2. The van der Waals surface area contributed by atoms with E-state index in [0.717, 1.165) is 31.5 Å². The molecule has 6 heteroatoms. The van der Waals surface area contributed by atoms with Crippen LogP contribution in [0.5, 0.6) is 0 Å². The highest BCUT2D eigenvalue weighted by Crippen LogP contribution is 2.27. The number of likely N-dealkylation sites (tertiary alicyclic amines) is 1. The Morgan fingerprint density at radius 2 is 1.68 bits per heavy atom. The van der Waals surface area contributed by atoms with Crippen molar-refractivity contribution in [1.82, 2.24) is 9.21 Å². The minimum absolute atomic E-state index is 0.0302. The smallest absolute Gasteiger partial charge is 0.243 e. The van der Waals surface area contributed by atoms with Crippen molar-refractivity contribution in [2.45, 2.75) is 44.4 Å². The molecular weight excluding hydrogens is 336 g/mol. The molecule has 0 aliphatic carbocycles. The molecule has 1 aromatic rings. The number of sulfonamides is 1. The van der Waals surface area contributed by atoms with Crippen molar-refractivity contribution in [2.24, 2.45) is 11.8 Å². The molecule has 2 aliphatic rings. The SMILES string of the molecule is Cc1cccc(S(=O)(=O)N2CCC(C(=O)N3CCC(C)CC3)CC2)c1. The lowest BCUT2D eigenvalue weighted by Crippen LogP contribution is -2.46. The Balaban J connectivity index is 1.61. The average Bonchev–Trinajstić information content (AvgIpc) is 2.62. The van der Waals surface area contributed by atoms with E-state index in [2.05, 4.69) is 6.92 Å². The van der Waals surface area contributed by atoms with Crippen molar-refractivity contribution in [3.05, 3.63) is 29.8 Å². The number of amides is 1. The van der Waals surface area contributed by atoms with Crippen LogP contribution in [0.25, 0.3) is 0 Å². The van der Waals surface area contributed by atoms with Crippen LogP contribution in [0.15, 0.2) is 29.2 Å². The summed E-state index contributed by atoms with van der Waals surface area (Å²) in [4.78, 5) is 15.0. The molecule has 5 nitrogen and oxygen atoms in total. The zero-order chi connectivity index (χ0) is 18.0. The standard InChI is InChI=1S/C19H28N2O3S/c1-15-6-10-20(11-7-15)19(22)17-8-12-21(13-9-17)25(23,24)18-5-3-4-16(2)14-18/h3-5,14-15,17H,6-13H2,1-2H3. The molecule has 2 fully saturated rings. The molecule has 0 bridgehead atoms. The third kappa shape index (κ3) is 4.06.